The van der Waals surface area contributed by atoms with Crippen molar-refractivity contribution in [1.82, 2.24) is 20.1 Å². The lowest BCUT2D eigenvalue weighted by Gasteiger charge is -2.20. The Balaban J connectivity index is 2.72. The quantitative estimate of drug-likeness (QED) is 0.642. The first-order chi connectivity index (χ1) is 6.79. The third-order valence-corrected chi connectivity index (χ3v) is 1.92. The maximum absolute atomic E-state index is 11.6. The number of nitrogens with zero attached hydrogens (tertiary/aromatic N) is 2. The van der Waals surface area contributed by atoms with E-state index in [2.05, 4.69) is 15.5 Å². The Morgan fingerprint density at radius 2 is 2.27 bits per heavy atom. The van der Waals surface area contributed by atoms with Gasteiger partial charge in [-0.25, -0.2) is 5.10 Å². The van der Waals surface area contributed by atoms with Gasteiger partial charge in [0.25, 0.3) is 0 Å². The van der Waals surface area contributed by atoms with Gasteiger partial charge in [-0.2, -0.15) is 0 Å². The summed E-state index contributed by atoms with van der Waals surface area (Å²) in [4.78, 5) is 11.6. The van der Waals surface area contributed by atoms with Crippen LogP contribution in [0.5, 0.6) is 0 Å². The molecule has 0 radical (unpaired) electrons. The number of anilines is 1. The van der Waals surface area contributed by atoms with Crippen LogP contribution in [0.2, 0.25) is 0 Å². The molecule has 0 unspecified atom stereocenters. The van der Waals surface area contributed by atoms with E-state index in [0.29, 0.717) is 4.77 Å². The maximum atomic E-state index is 11.6. The van der Waals surface area contributed by atoms with Gasteiger partial charge in [-0.15, -0.1) is 5.10 Å². The average Bonchev–Trinajstić information content (AvgIpc) is 2.32. The van der Waals surface area contributed by atoms with Gasteiger partial charge in [0.15, 0.2) is 4.77 Å². The van der Waals surface area contributed by atoms with Crippen LogP contribution in [0, 0.1) is 4.77 Å². The molecule has 4 N–H and O–H groups in total. The number of nitrogens with one attached hydrogen (secondary N) is 2. The van der Waals surface area contributed by atoms with Crippen LogP contribution in [0.1, 0.15) is 20.8 Å². The lowest BCUT2D eigenvalue weighted by molar-refractivity contribution is -0.123. The molecule has 1 heterocycles. The molecule has 0 aromatic carbocycles. The Morgan fingerprint density at radius 3 is 2.67 bits per heavy atom. The van der Waals surface area contributed by atoms with Crippen LogP contribution in [-0.2, 0) is 11.3 Å². The van der Waals surface area contributed by atoms with Gasteiger partial charge in [0, 0.05) is 5.54 Å². The zero-order valence-corrected chi connectivity index (χ0v) is 9.81. The van der Waals surface area contributed by atoms with E-state index in [1.807, 2.05) is 20.8 Å². The number of H-pyrrole nitrogens is 1. The predicted octanol–water partition coefficient (Wildman–Crippen LogP) is 0.438. The lowest BCUT2D eigenvalue weighted by Crippen LogP contribution is -2.42. The number of nitrogen functional groups attached to an aromatic ring is 1. The number of aromatic nitrogens is 3. The second kappa shape index (κ2) is 4.01. The average molecular weight is 229 g/mol. The number of nitrogens with two attached hydrogens (primary N) is 1. The molecule has 1 aromatic rings. The minimum Gasteiger partial charge on any atom is -0.368 e. The summed E-state index contributed by atoms with van der Waals surface area (Å²) in [5, 5.41) is 9.03. The van der Waals surface area contributed by atoms with Crippen LogP contribution in [0.3, 0.4) is 0 Å². The number of hydrogen-bond donors (Lipinski definition) is 3. The molecule has 0 saturated heterocycles. The number of amides is 1. The van der Waals surface area contributed by atoms with E-state index in [1.165, 1.54) is 4.57 Å². The first-order valence-electron chi connectivity index (χ1n) is 4.51. The normalized spacial score (nSPS) is 11.4. The monoisotopic (exact) mass is 229 g/mol. The predicted molar refractivity (Wildman–Crippen MR) is 59.7 cm³/mol. The highest BCUT2D eigenvalue weighted by atomic mass is 32.1. The van der Waals surface area contributed by atoms with Crippen molar-refractivity contribution >= 4 is 24.1 Å². The Labute approximate surface area is 92.9 Å². The number of carbonyl (C=O) groups is 1. The molecule has 1 rings (SSSR count). The summed E-state index contributed by atoms with van der Waals surface area (Å²) in [7, 11) is 0. The van der Waals surface area contributed by atoms with Crippen LogP contribution in [0.4, 0.5) is 5.95 Å². The molecular formula is C8H15N5OS. The van der Waals surface area contributed by atoms with Gasteiger partial charge in [0.2, 0.25) is 11.9 Å². The Hall–Kier alpha value is -1.37. The van der Waals surface area contributed by atoms with Crippen LogP contribution in [0.25, 0.3) is 0 Å². The SMILES string of the molecule is CC(C)(C)NC(=O)Cn1c(N)n[nH]c1=S. The van der Waals surface area contributed by atoms with Crippen molar-refractivity contribution < 1.29 is 4.79 Å². The molecule has 7 heteroatoms. The highest BCUT2D eigenvalue weighted by Crippen LogP contribution is 2.01. The van der Waals surface area contributed by atoms with Crippen molar-refractivity contribution in [2.24, 2.45) is 0 Å². The van der Waals surface area contributed by atoms with Crippen molar-refractivity contribution in [3.05, 3.63) is 4.77 Å². The van der Waals surface area contributed by atoms with E-state index >= 15 is 0 Å². The summed E-state index contributed by atoms with van der Waals surface area (Å²) in [5.74, 6) is 0.0655. The van der Waals surface area contributed by atoms with E-state index in [0.717, 1.165) is 0 Å². The minimum absolute atomic E-state index is 0.0818. The smallest absolute Gasteiger partial charge is 0.240 e. The van der Waals surface area contributed by atoms with Crippen molar-refractivity contribution in [3.63, 3.8) is 0 Å². The van der Waals surface area contributed by atoms with Crippen molar-refractivity contribution in [1.29, 1.82) is 0 Å². The third-order valence-electron chi connectivity index (χ3n) is 1.60. The topological polar surface area (TPSA) is 88.7 Å². The number of aromatic amines is 1. The molecule has 1 amide bonds. The van der Waals surface area contributed by atoms with E-state index in [1.54, 1.807) is 0 Å². The van der Waals surface area contributed by atoms with E-state index < -0.39 is 0 Å². The Kier molecular flexibility index (Phi) is 3.13. The fourth-order valence-corrected chi connectivity index (χ4v) is 1.29. The summed E-state index contributed by atoms with van der Waals surface area (Å²) in [5.41, 5.74) is 5.26. The third kappa shape index (κ3) is 3.35. The molecule has 0 aliphatic heterocycles. The van der Waals surface area contributed by atoms with Gasteiger partial charge in [-0.05, 0) is 33.0 Å². The molecule has 6 nitrogen and oxygen atoms in total. The second-order valence-corrected chi connectivity index (χ2v) is 4.66. The zero-order valence-electron chi connectivity index (χ0n) is 9.00. The molecule has 15 heavy (non-hydrogen) atoms. The number of rotatable bonds is 2. The van der Waals surface area contributed by atoms with Gasteiger partial charge in [-0.1, -0.05) is 0 Å². The lowest BCUT2D eigenvalue weighted by atomic mass is 10.1. The van der Waals surface area contributed by atoms with Crippen LogP contribution in [-0.4, -0.2) is 26.2 Å². The Morgan fingerprint density at radius 1 is 1.67 bits per heavy atom. The highest BCUT2D eigenvalue weighted by molar-refractivity contribution is 7.71. The molecule has 0 bridgehead atoms. The fraction of sp³-hybridized carbons (Fsp3) is 0.625. The molecule has 0 fully saturated rings. The van der Waals surface area contributed by atoms with Gasteiger partial charge in [0.1, 0.15) is 6.54 Å². The summed E-state index contributed by atoms with van der Waals surface area (Å²) in [6.07, 6.45) is 0. The summed E-state index contributed by atoms with van der Waals surface area (Å²) < 4.78 is 1.78. The molecule has 0 saturated carbocycles. The molecular weight excluding hydrogens is 214 g/mol. The Bertz CT molecular complexity index is 413. The molecule has 0 atom stereocenters. The van der Waals surface area contributed by atoms with Gasteiger partial charge < -0.3 is 11.1 Å². The summed E-state index contributed by atoms with van der Waals surface area (Å²) in [6, 6.07) is 0. The highest BCUT2D eigenvalue weighted by Gasteiger charge is 2.15. The van der Waals surface area contributed by atoms with E-state index in [4.69, 9.17) is 18.0 Å². The van der Waals surface area contributed by atoms with Gasteiger partial charge in [0.05, 0.1) is 0 Å². The van der Waals surface area contributed by atoms with Crippen molar-refractivity contribution in [2.75, 3.05) is 5.73 Å². The largest absolute Gasteiger partial charge is 0.368 e. The first kappa shape index (κ1) is 11.7. The van der Waals surface area contributed by atoms with Crippen molar-refractivity contribution in [3.8, 4) is 0 Å². The maximum Gasteiger partial charge on any atom is 0.240 e. The van der Waals surface area contributed by atoms with Crippen LogP contribution >= 0.6 is 12.2 Å². The zero-order chi connectivity index (χ0) is 11.6. The molecule has 0 aliphatic rings. The van der Waals surface area contributed by atoms with Crippen LogP contribution in [0.15, 0.2) is 0 Å². The molecule has 1 aromatic heterocycles. The molecule has 0 aliphatic carbocycles. The second-order valence-electron chi connectivity index (χ2n) is 4.27. The molecule has 84 valence electrons. The van der Waals surface area contributed by atoms with Gasteiger partial charge in [-0.3, -0.25) is 9.36 Å². The standard InChI is InChI=1S/C8H15N5OS/c1-8(2,3)10-5(14)4-13-6(9)11-12-7(13)15/h4H2,1-3H3,(H2,9,11)(H,10,14)(H,12,15). The number of carbonyl (C=O) groups excluding carboxylic acids is 1. The molecule has 0 spiro atoms. The van der Waals surface area contributed by atoms with Crippen molar-refractivity contribution in [2.45, 2.75) is 32.9 Å². The van der Waals surface area contributed by atoms with E-state index in [9.17, 15) is 4.79 Å². The number of hydrogen-bond acceptors (Lipinski definition) is 4. The van der Waals surface area contributed by atoms with Gasteiger partial charge >= 0.3 is 0 Å². The van der Waals surface area contributed by atoms with E-state index in [-0.39, 0.29) is 23.9 Å². The van der Waals surface area contributed by atoms with Crippen LogP contribution < -0.4 is 11.1 Å². The summed E-state index contributed by atoms with van der Waals surface area (Å²) >= 11 is 4.92. The first-order valence-corrected chi connectivity index (χ1v) is 4.92. The summed E-state index contributed by atoms with van der Waals surface area (Å²) in [6.45, 7) is 5.80. The fourth-order valence-electron chi connectivity index (χ4n) is 1.08. The minimum atomic E-state index is -0.266.